The third-order valence-corrected chi connectivity index (χ3v) is 19.8. The van der Waals surface area contributed by atoms with E-state index in [-0.39, 0.29) is 128 Å². The van der Waals surface area contributed by atoms with Crippen molar-refractivity contribution in [3.63, 3.8) is 0 Å². The number of rotatable bonds is 53. The molecule has 590 valence electrons. The lowest BCUT2D eigenvalue weighted by molar-refractivity contribution is -0.131. The van der Waals surface area contributed by atoms with Crippen LogP contribution in [0, 0.1) is 41.4 Å². The Morgan fingerprint density at radius 3 is 0.951 bits per heavy atom. The Morgan fingerprint density at radius 2 is 0.602 bits per heavy atom. The summed E-state index contributed by atoms with van der Waals surface area (Å²) in [7, 11) is 0. The van der Waals surface area contributed by atoms with Crippen molar-refractivity contribution in [2.75, 3.05) is 26.2 Å². The molecule has 21 N–H and O–H groups in total. The zero-order valence-corrected chi connectivity index (χ0v) is 64.1. The SMILES string of the molecule is CC(=O)N[C@H](CC(=O)N[C@@H](CCCCN)CC(=O)N[C@H](CC(=O)N[C@H]1CCC[C@@H]1C(=O)N[C@@H](CCCCN)CC(=O)N[C@H]1CCC[C@@H]1C(=O)N[C@@H](CCCCN)CC(=O)N[C@H]1CCC[C@@H]1C(=O)N[C@H](CC(=O)N[C@@H](CCCCN)C(=O)N[C@H](CC(N)=O)CC(C)C)CC(C)C)CC(C)C)CC(C)C. The van der Waals surface area contributed by atoms with Crippen molar-refractivity contribution in [2.24, 2.45) is 70.1 Å². The predicted molar refractivity (Wildman–Crippen MR) is 400 cm³/mol. The summed E-state index contributed by atoms with van der Waals surface area (Å²) < 4.78 is 0. The molecule has 0 aromatic rings. The van der Waals surface area contributed by atoms with Crippen LogP contribution in [0.25, 0.3) is 0 Å². The van der Waals surface area contributed by atoms with Crippen LogP contribution in [0.15, 0.2) is 0 Å². The summed E-state index contributed by atoms with van der Waals surface area (Å²) in [5, 5.41) is 33.5. The molecule has 14 atom stereocenters. The van der Waals surface area contributed by atoms with Crippen LogP contribution in [0.1, 0.15) is 268 Å². The van der Waals surface area contributed by atoms with E-state index < -0.39 is 95.9 Å². The maximum Gasteiger partial charge on any atom is 0.242 e. The van der Waals surface area contributed by atoms with E-state index in [9.17, 15) is 57.5 Å². The zero-order chi connectivity index (χ0) is 76.6. The molecule has 28 heteroatoms. The molecule has 0 aliphatic heterocycles. The van der Waals surface area contributed by atoms with E-state index in [0.717, 1.165) is 0 Å². The van der Waals surface area contributed by atoms with Gasteiger partial charge in [-0.1, -0.05) is 93.9 Å². The second-order valence-electron chi connectivity index (χ2n) is 31.6. The molecular weight excluding hydrogens is 1320 g/mol. The van der Waals surface area contributed by atoms with Gasteiger partial charge in [0.25, 0.3) is 0 Å². The van der Waals surface area contributed by atoms with Crippen molar-refractivity contribution < 1.29 is 57.5 Å². The van der Waals surface area contributed by atoms with Crippen molar-refractivity contribution in [2.45, 2.75) is 334 Å². The molecule has 3 aliphatic rings. The Bertz CT molecular complexity index is 2630. The number of hydrogen-bond acceptors (Lipinski definition) is 16. The molecule has 28 nitrogen and oxygen atoms in total. The number of carbonyl (C=O) groups is 12. The maximum atomic E-state index is 14.3. The van der Waals surface area contributed by atoms with Gasteiger partial charge in [-0.15, -0.1) is 0 Å². The molecule has 0 heterocycles. The Kier molecular flexibility index (Phi) is 44.1. The van der Waals surface area contributed by atoms with Gasteiger partial charge in [0.15, 0.2) is 0 Å². The van der Waals surface area contributed by atoms with Crippen molar-refractivity contribution in [1.29, 1.82) is 0 Å². The minimum Gasteiger partial charge on any atom is -0.370 e. The molecule has 3 aliphatic carbocycles. The van der Waals surface area contributed by atoms with Crippen molar-refractivity contribution >= 4 is 70.9 Å². The van der Waals surface area contributed by atoms with Crippen molar-refractivity contribution in [3.8, 4) is 0 Å². The van der Waals surface area contributed by atoms with Crippen LogP contribution >= 0.6 is 0 Å². The molecule has 0 aromatic heterocycles. The van der Waals surface area contributed by atoms with Crippen LogP contribution in [-0.4, -0.2) is 164 Å². The van der Waals surface area contributed by atoms with Crippen LogP contribution in [-0.2, 0) is 57.5 Å². The summed E-state index contributed by atoms with van der Waals surface area (Å²) in [4.78, 5) is 163. The standard InChI is InChI=1S/C75H138N16O12/c1-46(2)35-54(39-65(80)93)87-75(103)64(27-13-17-34-79)91-71(99)45-57(38-49(7)8)86-74(102)60-26-20-30-63(60)89-69(97)42-53(23-12-16-33-78)84-72(100)58-24-18-28-61(58)88-68(96)41-52(22-11-15-32-77)85-73(101)59-25-19-29-62(59)90-70(98)44-56(37-48(5)6)83-66(94)40-51(21-10-14-31-76)82-67(95)43-55(36-47(3)4)81-50(9)92/h46-49,51-64H,10-45,76-79H2,1-9H3,(H2,80,93)(H,81,92)(H,82,95)(H,83,94)(H,84,100)(H,85,101)(H,86,102)(H,87,103)(H,88,96)(H,89,97)(H,90,98)(H,91,99)/t51-,52-,53-,54-,55-,56-,57-,58-,59-,60-,61-,62-,63-,64-/m0/s1. The molecular formula is C75H138N16O12. The Labute approximate surface area is 614 Å². The van der Waals surface area contributed by atoms with Gasteiger partial charge in [-0.25, -0.2) is 0 Å². The molecule has 103 heavy (non-hydrogen) atoms. The first-order chi connectivity index (χ1) is 48.9. The van der Waals surface area contributed by atoms with Gasteiger partial charge >= 0.3 is 0 Å². The van der Waals surface area contributed by atoms with Gasteiger partial charge in [0, 0.05) is 112 Å². The third-order valence-electron chi connectivity index (χ3n) is 19.8. The Balaban J connectivity index is 1.65. The van der Waals surface area contributed by atoms with E-state index >= 15 is 0 Å². The highest BCUT2D eigenvalue weighted by Crippen LogP contribution is 2.30. The van der Waals surface area contributed by atoms with Crippen molar-refractivity contribution in [1.82, 2.24) is 58.5 Å². The van der Waals surface area contributed by atoms with E-state index in [0.29, 0.717) is 187 Å². The summed E-state index contributed by atoms with van der Waals surface area (Å²) >= 11 is 0. The van der Waals surface area contributed by atoms with Gasteiger partial charge in [0.1, 0.15) is 6.04 Å². The van der Waals surface area contributed by atoms with E-state index in [1.165, 1.54) is 6.92 Å². The molecule has 0 bridgehead atoms. The average molecular weight is 1460 g/mol. The Hall–Kier alpha value is -6.52. The molecule has 0 saturated heterocycles. The van der Waals surface area contributed by atoms with Crippen LogP contribution in [0.5, 0.6) is 0 Å². The number of unbranched alkanes of at least 4 members (excludes halogenated alkanes) is 4. The highest BCUT2D eigenvalue weighted by Gasteiger charge is 2.40. The largest absolute Gasteiger partial charge is 0.370 e. The van der Waals surface area contributed by atoms with Crippen LogP contribution < -0.4 is 87.2 Å². The fourth-order valence-electron chi connectivity index (χ4n) is 15.2. The first-order valence-electron chi connectivity index (χ1n) is 39.3. The fourth-order valence-corrected chi connectivity index (χ4v) is 15.2. The van der Waals surface area contributed by atoms with Gasteiger partial charge in [0.05, 0.1) is 17.8 Å². The van der Waals surface area contributed by atoms with Crippen LogP contribution in [0.4, 0.5) is 0 Å². The normalized spacial score (nSPS) is 20.4. The molecule has 3 saturated carbocycles. The minimum atomic E-state index is -0.900. The highest BCUT2D eigenvalue weighted by atomic mass is 16.2. The quantitative estimate of drug-likeness (QED) is 0.0386. The first-order valence-corrected chi connectivity index (χ1v) is 39.3. The van der Waals surface area contributed by atoms with E-state index in [4.69, 9.17) is 28.7 Å². The molecule has 0 unspecified atom stereocenters. The lowest BCUT2D eigenvalue weighted by atomic mass is 9.97. The topological polar surface area (TPSA) is 467 Å². The predicted octanol–water partition coefficient (Wildman–Crippen LogP) is 3.66. The summed E-state index contributed by atoms with van der Waals surface area (Å²) in [6, 6.07) is -5.97. The van der Waals surface area contributed by atoms with E-state index in [1.807, 2.05) is 55.4 Å². The molecule has 3 fully saturated rings. The van der Waals surface area contributed by atoms with Crippen molar-refractivity contribution in [3.05, 3.63) is 0 Å². The third kappa shape index (κ3) is 38.4. The zero-order valence-electron chi connectivity index (χ0n) is 64.1. The van der Waals surface area contributed by atoms with E-state index in [2.05, 4.69) is 58.5 Å². The molecule has 12 amide bonds. The van der Waals surface area contributed by atoms with Gasteiger partial charge < -0.3 is 87.2 Å². The van der Waals surface area contributed by atoms with Crippen LogP contribution in [0.2, 0.25) is 0 Å². The first kappa shape index (κ1) is 90.7. The maximum absolute atomic E-state index is 14.3. The number of amides is 12. The highest BCUT2D eigenvalue weighted by molar-refractivity contribution is 5.90. The minimum absolute atomic E-state index is 0.0108. The molecule has 0 radical (unpaired) electrons. The molecule has 0 aromatic carbocycles. The monoisotopic (exact) mass is 1460 g/mol. The number of nitrogens with one attached hydrogen (secondary N) is 11. The lowest BCUT2D eigenvalue weighted by Crippen LogP contribution is -2.52. The smallest absolute Gasteiger partial charge is 0.242 e. The van der Waals surface area contributed by atoms with Gasteiger partial charge in [-0.3, -0.25) is 57.5 Å². The average Bonchev–Trinajstić information content (AvgIpc) is 1.75. The number of primary amides is 1. The summed E-state index contributed by atoms with van der Waals surface area (Å²) in [6.45, 7) is 19.1. The fraction of sp³-hybridized carbons (Fsp3) is 0.840. The summed E-state index contributed by atoms with van der Waals surface area (Å²) in [6.07, 6.45) is 14.2. The van der Waals surface area contributed by atoms with Gasteiger partial charge in [0.2, 0.25) is 70.9 Å². The van der Waals surface area contributed by atoms with Gasteiger partial charge in [-0.2, -0.15) is 0 Å². The Morgan fingerprint density at radius 1 is 0.320 bits per heavy atom. The number of nitrogens with two attached hydrogens (primary N) is 5. The summed E-state index contributed by atoms with van der Waals surface area (Å²) in [5.41, 5.74) is 28.8. The molecule has 0 spiro atoms. The van der Waals surface area contributed by atoms with Crippen LogP contribution in [0.3, 0.4) is 0 Å². The lowest BCUT2D eigenvalue weighted by Gasteiger charge is -2.28. The second-order valence-corrected chi connectivity index (χ2v) is 31.6. The second kappa shape index (κ2) is 50.1. The van der Waals surface area contributed by atoms with E-state index in [1.54, 1.807) is 0 Å². The number of carbonyl (C=O) groups excluding carboxylic acids is 12. The molecule has 3 rings (SSSR count). The summed E-state index contributed by atoms with van der Waals surface area (Å²) in [5.74, 6) is -5.15. The number of hydrogen-bond donors (Lipinski definition) is 16. The van der Waals surface area contributed by atoms with Gasteiger partial charge in [-0.05, 0) is 172 Å².